The van der Waals surface area contributed by atoms with Gasteiger partial charge in [-0.3, -0.25) is 0 Å². The summed E-state index contributed by atoms with van der Waals surface area (Å²) in [5.74, 6) is 2.49. The van der Waals surface area contributed by atoms with Crippen LogP contribution in [0.25, 0.3) is 0 Å². The van der Waals surface area contributed by atoms with Crippen molar-refractivity contribution in [1.82, 2.24) is 0 Å². The van der Waals surface area contributed by atoms with Crippen LogP contribution in [0.2, 0.25) is 5.02 Å². The fourth-order valence-electron chi connectivity index (χ4n) is 1.98. The van der Waals surface area contributed by atoms with E-state index in [1.54, 1.807) is 0 Å². The molecule has 0 spiro atoms. The maximum absolute atomic E-state index is 5.86. The van der Waals surface area contributed by atoms with Gasteiger partial charge in [-0.1, -0.05) is 27.5 Å². The normalized spacial score (nSPS) is 10.4. The average molecular weight is 356 g/mol. The van der Waals surface area contributed by atoms with E-state index in [4.69, 9.17) is 21.1 Å². The zero-order chi connectivity index (χ0) is 14.5. The fraction of sp³-hybridized carbons (Fsp3) is 0.250. The van der Waals surface area contributed by atoms with Crippen LogP contribution >= 0.6 is 27.5 Å². The molecule has 0 saturated heterocycles. The van der Waals surface area contributed by atoms with Crippen LogP contribution in [0.4, 0.5) is 0 Å². The maximum atomic E-state index is 5.86. The topological polar surface area (TPSA) is 18.5 Å². The Morgan fingerprint density at radius 3 is 2.15 bits per heavy atom. The Kier molecular flexibility index (Phi) is 5.32. The van der Waals surface area contributed by atoms with E-state index in [-0.39, 0.29) is 0 Å². The second-order valence-corrected chi connectivity index (χ2v) is 5.71. The van der Waals surface area contributed by atoms with Crippen molar-refractivity contribution >= 4 is 27.5 Å². The molecule has 106 valence electrons. The Hall–Kier alpha value is -1.19. The van der Waals surface area contributed by atoms with Crippen LogP contribution in [0.1, 0.15) is 11.1 Å². The molecule has 0 N–H and O–H groups in total. The first kappa shape index (κ1) is 15.2. The molecule has 2 aromatic rings. The van der Waals surface area contributed by atoms with Gasteiger partial charge in [-0.2, -0.15) is 0 Å². The third-order valence-corrected chi connectivity index (χ3v) is 3.38. The minimum absolute atomic E-state index is 0.652. The summed E-state index contributed by atoms with van der Waals surface area (Å²) in [7, 11) is 0. The summed E-state index contributed by atoms with van der Waals surface area (Å²) in [6, 6.07) is 11.3. The third kappa shape index (κ3) is 3.90. The van der Waals surface area contributed by atoms with Crippen molar-refractivity contribution in [2.75, 3.05) is 11.9 Å². The van der Waals surface area contributed by atoms with Crippen molar-refractivity contribution in [1.29, 1.82) is 0 Å². The van der Waals surface area contributed by atoms with Gasteiger partial charge < -0.3 is 9.47 Å². The van der Waals surface area contributed by atoms with E-state index in [1.165, 1.54) is 0 Å². The van der Waals surface area contributed by atoms with E-state index in [9.17, 15) is 0 Å². The minimum atomic E-state index is 0.652. The summed E-state index contributed by atoms with van der Waals surface area (Å²) < 4.78 is 11.5. The van der Waals surface area contributed by atoms with Crippen molar-refractivity contribution in [3.63, 3.8) is 0 Å². The number of rotatable bonds is 5. The van der Waals surface area contributed by atoms with Gasteiger partial charge in [0.25, 0.3) is 0 Å². The molecule has 0 aromatic heterocycles. The van der Waals surface area contributed by atoms with Crippen molar-refractivity contribution in [2.45, 2.75) is 13.8 Å². The second kappa shape index (κ2) is 7.00. The highest BCUT2D eigenvalue weighted by atomic mass is 79.9. The zero-order valence-electron chi connectivity index (χ0n) is 11.5. The standard InChI is InChI=1S/C16H16BrClO2/c1-11-9-15(10-12(2)16(11)19-8-7-17)20-14-5-3-13(18)4-6-14/h3-6,9-10H,7-8H2,1-2H3. The van der Waals surface area contributed by atoms with Crippen molar-refractivity contribution in [3.05, 3.63) is 52.5 Å². The van der Waals surface area contributed by atoms with Gasteiger partial charge in [-0.15, -0.1) is 0 Å². The average Bonchev–Trinajstić information content (AvgIpc) is 2.41. The molecule has 0 saturated carbocycles. The number of halogens is 2. The quantitative estimate of drug-likeness (QED) is 0.657. The molecular formula is C16H16BrClO2. The Labute approximate surface area is 132 Å². The summed E-state index contributed by atoms with van der Waals surface area (Å²) >= 11 is 9.22. The Morgan fingerprint density at radius 1 is 1.00 bits per heavy atom. The zero-order valence-corrected chi connectivity index (χ0v) is 13.8. The lowest BCUT2D eigenvalue weighted by Crippen LogP contribution is -2.01. The molecule has 0 amide bonds. The van der Waals surface area contributed by atoms with E-state index in [1.807, 2.05) is 50.2 Å². The van der Waals surface area contributed by atoms with Crippen LogP contribution in [-0.4, -0.2) is 11.9 Å². The number of aryl methyl sites for hydroxylation is 2. The molecule has 0 aliphatic heterocycles. The maximum Gasteiger partial charge on any atom is 0.128 e. The van der Waals surface area contributed by atoms with Gasteiger partial charge in [0.05, 0.1) is 6.61 Å². The number of alkyl halides is 1. The highest BCUT2D eigenvalue weighted by molar-refractivity contribution is 9.09. The lowest BCUT2D eigenvalue weighted by molar-refractivity contribution is 0.339. The molecule has 20 heavy (non-hydrogen) atoms. The lowest BCUT2D eigenvalue weighted by Gasteiger charge is -2.14. The minimum Gasteiger partial charge on any atom is -0.492 e. The molecule has 2 nitrogen and oxygen atoms in total. The van der Waals surface area contributed by atoms with E-state index in [2.05, 4.69) is 15.9 Å². The van der Waals surface area contributed by atoms with Gasteiger partial charge in [-0.05, 0) is 61.4 Å². The summed E-state index contributed by atoms with van der Waals surface area (Å²) in [4.78, 5) is 0. The number of hydrogen-bond acceptors (Lipinski definition) is 2. The summed E-state index contributed by atoms with van der Waals surface area (Å²) in [6.07, 6.45) is 0. The van der Waals surface area contributed by atoms with Crippen LogP contribution in [0.5, 0.6) is 17.2 Å². The first-order valence-electron chi connectivity index (χ1n) is 6.33. The van der Waals surface area contributed by atoms with E-state index < -0.39 is 0 Å². The summed E-state index contributed by atoms with van der Waals surface area (Å²) in [5, 5.41) is 1.51. The third-order valence-electron chi connectivity index (χ3n) is 2.81. The lowest BCUT2D eigenvalue weighted by atomic mass is 10.1. The summed E-state index contributed by atoms with van der Waals surface area (Å²) in [6.45, 7) is 4.69. The van der Waals surface area contributed by atoms with Gasteiger partial charge in [0.1, 0.15) is 17.2 Å². The molecule has 4 heteroatoms. The van der Waals surface area contributed by atoms with Crippen molar-refractivity contribution < 1.29 is 9.47 Å². The predicted molar refractivity (Wildman–Crippen MR) is 86.7 cm³/mol. The molecular weight excluding hydrogens is 340 g/mol. The van der Waals surface area contributed by atoms with Crippen LogP contribution < -0.4 is 9.47 Å². The van der Waals surface area contributed by atoms with Gasteiger partial charge in [0, 0.05) is 10.4 Å². The molecule has 0 atom stereocenters. The second-order valence-electron chi connectivity index (χ2n) is 4.48. The molecule has 0 unspecified atom stereocenters. The van der Waals surface area contributed by atoms with Crippen LogP contribution in [0.3, 0.4) is 0 Å². The molecule has 0 aliphatic carbocycles. The predicted octanol–water partition coefficient (Wildman–Crippen LogP) is 5.52. The van der Waals surface area contributed by atoms with Gasteiger partial charge >= 0.3 is 0 Å². The van der Waals surface area contributed by atoms with E-state index >= 15 is 0 Å². The van der Waals surface area contributed by atoms with Crippen LogP contribution in [0, 0.1) is 13.8 Å². The number of benzene rings is 2. The van der Waals surface area contributed by atoms with E-state index in [0.29, 0.717) is 11.6 Å². The van der Waals surface area contributed by atoms with Crippen molar-refractivity contribution in [3.8, 4) is 17.2 Å². The monoisotopic (exact) mass is 354 g/mol. The number of ether oxygens (including phenoxy) is 2. The van der Waals surface area contributed by atoms with Gasteiger partial charge in [-0.25, -0.2) is 0 Å². The molecule has 2 rings (SSSR count). The molecule has 0 radical (unpaired) electrons. The first-order chi connectivity index (χ1) is 9.60. The molecule has 2 aromatic carbocycles. The largest absolute Gasteiger partial charge is 0.492 e. The highest BCUT2D eigenvalue weighted by Gasteiger charge is 2.08. The highest BCUT2D eigenvalue weighted by Crippen LogP contribution is 2.31. The Balaban J connectivity index is 2.19. The Bertz CT molecular complexity index is 559. The molecule has 0 fully saturated rings. The van der Waals surface area contributed by atoms with E-state index in [0.717, 1.165) is 33.7 Å². The van der Waals surface area contributed by atoms with Gasteiger partial charge in [0.2, 0.25) is 0 Å². The smallest absolute Gasteiger partial charge is 0.128 e. The SMILES string of the molecule is Cc1cc(Oc2ccc(Cl)cc2)cc(C)c1OCCBr. The molecule has 0 bridgehead atoms. The number of hydrogen-bond donors (Lipinski definition) is 0. The summed E-state index contributed by atoms with van der Waals surface area (Å²) in [5.41, 5.74) is 2.13. The van der Waals surface area contributed by atoms with Gasteiger partial charge in [0.15, 0.2) is 0 Å². The van der Waals surface area contributed by atoms with Crippen LogP contribution in [-0.2, 0) is 0 Å². The first-order valence-corrected chi connectivity index (χ1v) is 7.83. The van der Waals surface area contributed by atoms with Crippen molar-refractivity contribution in [2.24, 2.45) is 0 Å². The van der Waals surface area contributed by atoms with Crippen LogP contribution in [0.15, 0.2) is 36.4 Å². The molecule has 0 aliphatic rings. The Morgan fingerprint density at radius 2 is 1.60 bits per heavy atom. The molecule has 0 heterocycles. The fourth-order valence-corrected chi connectivity index (χ4v) is 2.26.